The van der Waals surface area contributed by atoms with E-state index in [0.717, 1.165) is 5.69 Å². The molecule has 1 heterocycles. The molecule has 0 bridgehead atoms. The van der Waals surface area contributed by atoms with Crippen LogP contribution in [0.1, 0.15) is 5.69 Å². The van der Waals surface area contributed by atoms with Crippen molar-refractivity contribution in [3.05, 3.63) is 28.4 Å². The van der Waals surface area contributed by atoms with Gasteiger partial charge in [0.25, 0.3) is 12.0 Å². The maximum Gasteiger partial charge on any atom is 0.290 e. The van der Waals surface area contributed by atoms with Gasteiger partial charge in [0.15, 0.2) is 0 Å². The largest absolute Gasteiger partial charge is 0.483 e. The average Bonchev–Trinajstić information content (AvgIpc) is 1.88. The van der Waals surface area contributed by atoms with Crippen LogP contribution in [0.25, 0.3) is 0 Å². The van der Waals surface area contributed by atoms with Gasteiger partial charge in [0, 0.05) is 11.8 Å². The maximum absolute atomic E-state index is 10.4. The van der Waals surface area contributed by atoms with E-state index < -0.39 is 0 Å². The van der Waals surface area contributed by atoms with Crippen molar-refractivity contribution in [3.8, 4) is 0 Å². The molecule has 0 amide bonds. The first kappa shape index (κ1) is 9.35. The monoisotopic (exact) mass is 156 g/mol. The van der Waals surface area contributed by atoms with Gasteiger partial charge in [-0.2, -0.15) is 0 Å². The van der Waals surface area contributed by atoms with Crippen molar-refractivity contribution in [2.45, 2.75) is 6.92 Å². The number of hydrogen-bond acceptors (Lipinski definition) is 3. The van der Waals surface area contributed by atoms with E-state index in [9.17, 15) is 4.79 Å². The van der Waals surface area contributed by atoms with Crippen LogP contribution in [0.15, 0.2) is 17.2 Å². The zero-order valence-corrected chi connectivity index (χ0v) is 5.94. The number of aromatic nitrogens is 2. The fourth-order valence-electron chi connectivity index (χ4n) is 0.466. The molecule has 60 valence electrons. The standard InChI is InChI=1S/C5H6N2O.CH2O2/c1-4-2-5(8)7-3-6-4;2-1-3/h2-3H,1H3,(H,6,7,8);1H,(H,2,3). The Morgan fingerprint density at radius 3 is 2.55 bits per heavy atom. The van der Waals surface area contributed by atoms with Gasteiger partial charge in [0.05, 0.1) is 6.33 Å². The summed E-state index contributed by atoms with van der Waals surface area (Å²) in [6.45, 7) is 1.52. The molecule has 0 unspecified atom stereocenters. The molecule has 11 heavy (non-hydrogen) atoms. The van der Waals surface area contributed by atoms with Gasteiger partial charge < -0.3 is 10.1 Å². The SMILES string of the molecule is Cc1cc(=O)[nH]cn1.O=CO. The summed E-state index contributed by atoms with van der Waals surface area (Å²) in [6, 6.07) is 1.44. The molecule has 1 aromatic rings. The van der Waals surface area contributed by atoms with Crippen molar-refractivity contribution < 1.29 is 9.90 Å². The normalized spacial score (nSPS) is 7.73. The van der Waals surface area contributed by atoms with Gasteiger partial charge in [0.1, 0.15) is 0 Å². The maximum atomic E-state index is 10.4. The Bertz CT molecular complexity index is 269. The highest BCUT2D eigenvalue weighted by molar-refractivity contribution is 5.32. The minimum atomic E-state index is -0.250. The first-order chi connectivity index (χ1) is 5.20. The lowest BCUT2D eigenvalue weighted by Crippen LogP contribution is -2.03. The number of H-pyrrole nitrogens is 1. The number of nitrogens with zero attached hydrogens (tertiary/aromatic N) is 1. The minimum Gasteiger partial charge on any atom is -0.483 e. The highest BCUT2D eigenvalue weighted by atomic mass is 16.3. The highest BCUT2D eigenvalue weighted by Gasteiger charge is 1.81. The quantitative estimate of drug-likeness (QED) is 0.508. The van der Waals surface area contributed by atoms with Crippen LogP contribution in [0.4, 0.5) is 0 Å². The molecule has 0 aromatic carbocycles. The van der Waals surface area contributed by atoms with Crippen LogP contribution in [0, 0.1) is 6.92 Å². The summed E-state index contributed by atoms with van der Waals surface area (Å²) in [5.41, 5.74) is 0.645. The fourth-order valence-corrected chi connectivity index (χ4v) is 0.466. The van der Waals surface area contributed by atoms with E-state index in [1.165, 1.54) is 12.4 Å². The molecule has 1 rings (SSSR count). The van der Waals surface area contributed by atoms with Gasteiger partial charge >= 0.3 is 0 Å². The summed E-state index contributed by atoms with van der Waals surface area (Å²) >= 11 is 0. The van der Waals surface area contributed by atoms with Crippen molar-refractivity contribution in [1.82, 2.24) is 9.97 Å². The number of nitrogens with one attached hydrogen (secondary N) is 1. The Labute approximate surface area is 62.7 Å². The molecular weight excluding hydrogens is 148 g/mol. The summed E-state index contributed by atoms with van der Waals surface area (Å²) in [7, 11) is 0. The zero-order valence-electron chi connectivity index (χ0n) is 5.94. The third-order valence-electron chi connectivity index (χ3n) is 0.815. The summed E-state index contributed by atoms with van der Waals surface area (Å²) < 4.78 is 0. The summed E-state index contributed by atoms with van der Waals surface area (Å²) in [6.07, 6.45) is 1.39. The van der Waals surface area contributed by atoms with Crippen LogP contribution in [-0.4, -0.2) is 21.5 Å². The second kappa shape index (κ2) is 5.16. The summed E-state index contributed by atoms with van der Waals surface area (Å²) in [5, 5.41) is 6.89. The van der Waals surface area contributed by atoms with Gasteiger partial charge in [-0.05, 0) is 6.92 Å². The van der Waals surface area contributed by atoms with E-state index in [0.29, 0.717) is 0 Å². The lowest BCUT2D eigenvalue weighted by molar-refractivity contribution is -0.122. The molecule has 5 heteroatoms. The Hall–Kier alpha value is -1.65. The average molecular weight is 156 g/mol. The van der Waals surface area contributed by atoms with E-state index in [1.54, 1.807) is 6.92 Å². The molecule has 1 aromatic heterocycles. The Kier molecular flexibility index (Phi) is 4.39. The molecule has 0 saturated heterocycles. The Balaban J connectivity index is 0.000000292. The van der Waals surface area contributed by atoms with Crippen LogP contribution >= 0.6 is 0 Å². The Morgan fingerprint density at radius 1 is 1.73 bits per heavy atom. The van der Waals surface area contributed by atoms with Crippen LogP contribution in [0.5, 0.6) is 0 Å². The van der Waals surface area contributed by atoms with Crippen molar-refractivity contribution in [2.24, 2.45) is 0 Å². The van der Waals surface area contributed by atoms with Gasteiger partial charge in [-0.1, -0.05) is 0 Å². The zero-order chi connectivity index (χ0) is 8.69. The third-order valence-corrected chi connectivity index (χ3v) is 0.815. The summed E-state index contributed by atoms with van der Waals surface area (Å²) in [5.74, 6) is 0. The molecule has 0 aliphatic rings. The van der Waals surface area contributed by atoms with E-state index in [2.05, 4.69) is 9.97 Å². The molecule has 2 N–H and O–H groups in total. The molecule has 0 atom stereocenters. The lowest BCUT2D eigenvalue weighted by Gasteiger charge is -1.83. The number of aromatic amines is 1. The molecule has 0 spiro atoms. The van der Waals surface area contributed by atoms with Crippen LogP contribution in [0.2, 0.25) is 0 Å². The topological polar surface area (TPSA) is 83.0 Å². The van der Waals surface area contributed by atoms with Crippen LogP contribution in [-0.2, 0) is 4.79 Å². The summed E-state index contributed by atoms with van der Waals surface area (Å²) in [4.78, 5) is 24.9. The lowest BCUT2D eigenvalue weighted by atomic mass is 10.5. The number of carboxylic acid groups (broad SMARTS) is 1. The second-order valence-electron chi connectivity index (χ2n) is 1.66. The van der Waals surface area contributed by atoms with Crippen LogP contribution < -0.4 is 5.56 Å². The van der Waals surface area contributed by atoms with Crippen molar-refractivity contribution in [2.75, 3.05) is 0 Å². The first-order valence-electron chi connectivity index (χ1n) is 2.80. The van der Waals surface area contributed by atoms with Crippen molar-refractivity contribution >= 4 is 6.47 Å². The van der Waals surface area contributed by atoms with Crippen molar-refractivity contribution in [1.29, 1.82) is 0 Å². The van der Waals surface area contributed by atoms with E-state index >= 15 is 0 Å². The fraction of sp³-hybridized carbons (Fsp3) is 0.167. The van der Waals surface area contributed by atoms with E-state index in [-0.39, 0.29) is 12.0 Å². The van der Waals surface area contributed by atoms with Gasteiger partial charge in [-0.3, -0.25) is 9.59 Å². The Morgan fingerprint density at radius 2 is 2.27 bits per heavy atom. The van der Waals surface area contributed by atoms with Crippen molar-refractivity contribution in [3.63, 3.8) is 0 Å². The predicted octanol–water partition coefficient (Wildman–Crippen LogP) is -0.221. The number of hydrogen-bond donors (Lipinski definition) is 2. The molecule has 0 fully saturated rings. The molecule has 5 nitrogen and oxygen atoms in total. The van der Waals surface area contributed by atoms with Gasteiger partial charge in [-0.15, -0.1) is 0 Å². The predicted molar refractivity (Wildman–Crippen MR) is 38.3 cm³/mol. The van der Waals surface area contributed by atoms with Gasteiger partial charge in [0.2, 0.25) is 0 Å². The highest BCUT2D eigenvalue weighted by Crippen LogP contribution is 1.77. The first-order valence-corrected chi connectivity index (χ1v) is 2.80. The molecular formula is C6H8N2O3. The molecule has 0 radical (unpaired) electrons. The number of rotatable bonds is 0. The van der Waals surface area contributed by atoms with E-state index in [4.69, 9.17) is 9.90 Å². The molecule has 0 aliphatic carbocycles. The second-order valence-corrected chi connectivity index (χ2v) is 1.66. The number of aryl methyl sites for hydroxylation is 1. The minimum absolute atomic E-state index is 0.0995. The molecule has 0 saturated carbocycles. The third kappa shape index (κ3) is 4.83. The smallest absolute Gasteiger partial charge is 0.290 e. The van der Waals surface area contributed by atoms with Crippen LogP contribution in [0.3, 0.4) is 0 Å². The molecule has 0 aliphatic heterocycles. The van der Waals surface area contributed by atoms with Gasteiger partial charge in [-0.25, -0.2) is 4.98 Å². The number of carbonyl (C=O) groups is 1. The van der Waals surface area contributed by atoms with E-state index in [1.807, 2.05) is 0 Å².